The maximum atomic E-state index is 2.57. The second kappa shape index (κ2) is 12.7. The average Bonchev–Trinajstić information content (AvgIpc) is 3.56. The van der Waals surface area contributed by atoms with Crippen LogP contribution >= 0.6 is 0 Å². The van der Waals surface area contributed by atoms with Gasteiger partial charge in [0, 0.05) is 5.41 Å². The monoisotopic (exact) mass is 772 g/mol. The predicted octanol–water partition coefficient (Wildman–Crippen LogP) is 17.1. The van der Waals surface area contributed by atoms with Gasteiger partial charge < -0.3 is 0 Å². The van der Waals surface area contributed by atoms with Gasteiger partial charge in [0.05, 0.1) is 0 Å². The van der Waals surface area contributed by atoms with E-state index in [1.807, 2.05) is 0 Å². The van der Waals surface area contributed by atoms with Crippen LogP contribution < -0.4 is 0 Å². The molecule has 61 heavy (non-hydrogen) atoms. The Labute approximate surface area is 355 Å². The van der Waals surface area contributed by atoms with E-state index in [0.29, 0.717) is 0 Å². The van der Waals surface area contributed by atoms with Gasteiger partial charge in [-0.3, -0.25) is 0 Å². The van der Waals surface area contributed by atoms with Gasteiger partial charge in [-0.05, 0) is 143 Å². The molecule has 0 saturated carbocycles. The number of fused-ring (bicyclic) bond motifs is 15. The first-order chi connectivity index (χ1) is 30.0. The summed E-state index contributed by atoms with van der Waals surface area (Å²) in [5.74, 6) is 0. The summed E-state index contributed by atoms with van der Waals surface area (Å²) < 4.78 is 0. The molecular formula is C61H40. The second-order valence-electron chi connectivity index (χ2n) is 17.5. The van der Waals surface area contributed by atoms with Crippen LogP contribution in [0.5, 0.6) is 0 Å². The molecule has 284 valence electrons. The molecular weight excluding hydrogens is 733 g/mol. The third kappa shape index (κ3) is 4.82. The van der Waals surface area contributed by atoms with Crippen molar-refractivity contribution >= 4 is 75.4 Å². The number of hydrogen-bond acceptors (Lipinski definition) is 0. The Balaban J connectivity index is 1.06. The van der Waals surface area contributed by atoms with Gasteiger partial charge >= 0.3 is 0 Å². The highest BCUT2D eigenvalue weighted by molar-refractivity contribution is 6.29. The van der Waals surface area contributed by atoms with Gasteiger partial charge in [-0.25, -0.2) is 0 Å². The molecule has 0 heteroatoms. The Bertz CT molecular complexity index is 3730. The van der Waals surface area contributed by atoms with Crippen molar-refractivity contribution in [2.45, 2.75) is 19.3 Å². The minimum absolute atomic E-state index is 0.257. The Morgan fingerprint density at radius 1 is 0.279 bits per heavy atom. The molecule has 0 amide bonds. The Morgan fingerprint density at radius 3 is 1.34 bits per heavy atom. The van der Waals surface area contributed by atoms with E-state index < -0.39 is 0 Å². The lowest BCUT2D eigenvalue weighted by Gasteiger charge is -2.26. The van der Waals surface area contributed by atoms with Crippen LogP contribution in [-0.4, -0.2) is 0 Å². The smallest absolute Gasteiger partial charge is 0.0165 e. The zero-order valence-corrected chi connectivity index (χ0v) is 34.1. The fourth-order valence-corrected chi connectivity index (χ4v) is 11.3. The molecule has 0 aromatic heterocycles. The SMILES string of the molecule is CC1(C)c2cc(-c3c4ccccc4c(-c4ccc(-c5ccc6ccccc6c5)cc4)c4ccccc34)c3ccccc3c2-c2ccc3c4ccccc4c4ccccc4c3c21. The van der Waals surface area contributed by atoms with Gasteiger partial charge in [-0.2, -0.15) is 0 Å². The topological polar surface area (TPSA) is 0 Å². The van der Waals surface area contributed by atoms with Gasteiger partial charge in [-0.1, -0.05) is 208 Å². The molecule has 0 heterocycles. The second-order valence-corrected chi connectivity index (χ2v) is 17.5. The lowest BCUT2D eigenvalue weighted by molar-refractivity contribution is 0.667. The third-order valence-electron chi connectivity index (χ3n) is 14.0. The summed E-state index contributed by atoms with van der Waals surface area (Å²) in [7, 11) is 0. The average molecular weight is 773 g/mol. The molecule has 0 N–H and O–H groups in total. The zero-order valence-electron chi connectivity index (χ0n) is 34.1. The molecule has 0 nitrogen and oxygen atoms in total. The van der Waals surface area contributed by atoms with Crippen LogP contribution in [0.1, 0.15) is 25.0 Å². The van der Waals surface area contributed by atoms with Crippen molar-refractivity contribution in [3.05, 3.63) is 217 Å². The standard InChI is InChI=1S/C61H40/c1-61(2)55-36-54(45-20-8-9-21-46(45)58(55)53-34-33-52-44-19-6-5-17-42(44)43-18-7-10-22-47(43)59(52)60(53)61)57-50-25-13-11-23-48(50)56(49-24-12-14-26-51(49)57)39-30-27-38(28-31-39)41-32-29-37-15-3-4-16-40(37)35-41/h3-36H,1-2H3. The van der Waals surface area contributed by atoms with E-state index in [0.717, 1.165) is 0 Å². The Kier molecular flexibility index (Phi) is 7.17. The minimum atomic E-state index is -0.257. The third-order valence-corrected chi connectivity index (χ3v) is 14.0. The largest absolute Gasteiger partial charge is 0.0616 e. The molecule has 12 aromatic carbocycles. The molecule has 1 aliphatic carbocycles. The van der Waals surface area contributed by atoms with Crippen molar-refractivity contribution in [2.24, 2.45) is 0 Å². The summed E-state index contributed by atoms with van der Waals surface area (Å²) in [6.07, 6.45) is 0. The molecule has 0 unspecified atom stereocenters. The molecule has 0 saturated heterocycles. The summed E-state index contributed by atoms with van der Waals surface area (Å²) in [6, 6.07) is 77.3. The number of hydrogen-bond donors (Lipinski definition) is 0. The van der Waals surface area contributed by atoms with E-state index in [4.69, 9.17) is 0 Å². The summed E-state index contributed by atoms with van der Waals surface area (Å²) in [4.78, 5) is 0. The lowest BCUT2D eigenvalue weighted by atomic mass is 9.77. The maximum absolute atomic E-state index is 2.57. The van der Waals surface area contributed by atoms with Crippen molar-refractivity contribution in [1.29, 1.82) is 0 Å². The quantitative estimate of drug-likeness (QED) is 0.124. The number of benzene rings is 12. The van der Waals surface area contributed by atoms with E-state index in [1.165, 1.54) is 131 Å². The normalized spacial score (nSPS) is 13.2. The highest BCUT2D eigenvalue weighted by Crippen LogP contribution is 2.57. The lowest BCUT2D eigenvalue weighted by Crippen LogP contribution is -2.16. The first kappa shape index (κ1) is 34.3. The Morgan fingerprint density at radius 2 is 0.721 bits per heavy atom. The zero-order chi connectivity index (χ0) is 40.4. The van der Waals surface area contributed by atoms with Crippen LogP contribution in [0.4, 0.5) is 0 Å². The van der Waals surface area contributed by atoms with Crippen LogP contribution in [0.2, 0.25) is 0 Å². The molecule has 1 aliphatic rings. The van der Waals surface area contributed by atoms with E-state index in [-0.39, 0.29) is 5.41 Å². The molecule has 13 rings (SSSR count). The van der Waals surface area contributed by atoms with Crippen molar-refractivity contribution in [3.63, 3.8) is 0 Å². The van der Waals surface area contributed by atoms with Crippen molar-refractivity contribution < 1.29 is 0 Å². The fraction of sp³-hybridized carbons (Fsp3) is 0.0492. The molecule has 0 bridgehead atoms. The van der Waals surface area contributed by atoms with Crippen molar-refractivity contribution in [3.8, 4) is 44.5 Å². The maximum Gasteiger partial charge on any atom is 0.0165 e. The van der Waals surface area contributed by atoms with Crippen LogP contribution in [0.3, 0.4) is 0 Å². The van der Waals surface area contributed by atoms with Gasteiger partial charge in [0.25, 0.3) is 0 Å². The molecule has 0 fully saturated rings. The molecule has 0 aliphatic heterocycles. The molecule has 12 aromatic rings. The highest BCUT2D eigenvalue weighted by atomic mass is 14.4. The van der Waals surface area contributed by atoms with Gasteiger partial charge in [0.15, 0.2) is 0 Å². The number of rotatable bonds is 3. The minimum Gasteiger partial charge on any atom is -0.0616 e. The van der Waals surface area contributed by atoms with Crippen LogP contribution in [0.15, 0.2) is 206 Å². The summed E-state index contributed by atoms with van der Waals surface area (Å²) >= 11 is 0. The van der Waals surface area contributed by atoms with Gasteiger partial charge in [0.1, 0.15) is 0 Å². The summed E-state index contributed by atoms with van der Waals surface area (Å²) in [5, 5.41) is 18.2. The van der Waals surface area contributed by atoms with E-state index in [1.54, 1.807) is 0 Å². The van der Waals surface area contributed by atoms with E-state index >= 15 is 0 Å². The predicted molar refractivity (Wildman–Crippen MR) is 263 cm³/mol. The first-order valence-corrected chi connectivity index (χ1v) is 21.5. The highest BCUT2D eigenvalue weighted by Gasteiger charge is 2.39. The van der Waals surface area contributed by atoms with E-state index in [9.17, 15) is 0 Å². The fourth-order valence-electron chi connectivity index (χ4n) is 11.3. The molecule has 0 atom stereocenters. The van der Waals surface area contributed by atoms with Gasteiger partial charge in [-0.15, -0.1) is 0 Å². The van der Waals surface area contributed by atoms with Crippen molar-refractivity contribution in [1.82, 2.24) is 0 Å². The Hall–Kier alpha value is -7.54. The van der Waals surface area contributed by atoms with Crippen LogP contribution in [0.25, 0.3) is 120 Å². The van der Waals surface area contributed by atoms with Crippen LogP contribution in [0, 0.1) is 0 Å². The summed E-state index contributed by atoms with van der Waals surface area (Å²) in [6.45, 7) is 4.92. The summed E-state index contributed by atoms with van der Waals surface area (Å²) in [5.41, 5.74) is 12.9. The first-order valence-electron chi connectivity index (χ1n) is 21.5. The van der Waals surface area contributed by atoms with Crippen LogP contribution in [-0.2, 0) is 5.41 Å². The van der Waals surface area contributed by atoms with Crippen molar-refractivity contribution in [2.75, 3.05) is 0 Å². The van der Waals surface area contributed by atoms with E-state index in [2.05, 4.69) is 220 Å². The molecule has 0 spiro atoms. The molecule has 0 radical (unpaired) electrons. The van der Waals surface area contributed by atoms with Gasteiger partial charge in [0.2, 0.25) is 0 Å².